The topological polar surface area (TPSA) is 90.0 Å². The summed E-state index contributed by atoms with van der Waals surface area (Å²) in [5.74, 6) is -0.0528. The Morgan fingerprint density at radius 3 is 2.81 bits per heavy atom. The lowest BCUT2D eigenvalue weighted by Gasteiger charge is -2.11. The number of primary sulfonamides is 1. The average molecular weight is 246 g/mol. The van der Waals surface area contributed by atoms with Gasteiger partial charge in [-0.05, 0) is 13.8 Å². The van der Waals surface area contributed by atoms with Gasteiger partial charge in [0.2, 0.25) is 10.0 Å². The van der Waals surface area contributed by atoms with Gasteiger partial charge in [0, 0.05) is 25.3 Å². The van der Waals surface area contributed by atoms with Crippen molar-refractivity contribution >= 4 is 10.0 Å². The Hall–Kier alpha value is -0.920. The molecule has 0 aliphatic rings. The first kappa shape index (κ1) is 13.1. The second kappa shape index (κ2) is 5.42. The van der Waals surface area contributed by atoms with Gasteiger partial charge in [0.1, 0.15) is 0 Å². The Bertz CT molecular complexity index is 424. The van der Waals surface area contributed by atoms with Gasteiger partial charge in [0.15, 0.2) is 0 Å². The summed E-state index contributed by atoms with van der Waals surface area (Å²) < 4.78 is 23.4. The van der Waals surface area contributed by atoms with E-state index in [2.05, 4.69) is 24.1 Å². The summed E-state index contributed by atoms with van der Waals surface area (Å²) in [5.41, 5.74) is 1.03. The van der Waals surface area contributed by atoms with Crippen LogP contribution in [0.2, 0.25) is 0 Å². The van der Waals surface area contributed by atoms with Crippen LogP contribution < -0.4 is 10.5 Å². The molecule has 1 aromatic heterocycles. The third-order valence-electron chi connectivity index (χ3n) is 2.17. The molecule has 0 atom stereocenters. The molecule has 0 radical (unpaired) electrons. The average Bonchev–Trinajstić information content (AvgIpc) is 2.58. The molecule has 0 aliphatic heterocycles. The van der Waals surface area contributed by atoms with E-state index in [1.807, 2.05) is 4.57 Å². The summed E-state index contributed by atoms with van der Waals surface area (Å²) in [4.78, 5) is 4.05. The first-order chi connectivity index (χ1) is 7.40. The fourth-order valence-corrected chi connectivity index (χ4v) is 1.79. The van der Waals surface area contributed by atoms with E-state index in [1.165, 1.54) is 0 Å². The molecule has 0 spiro atoms. The standard InChI is InChI=1S/C9H18N4O2S/c1-8(2)13-7-12-6-9(13)5-11-3-4-16(10,14)15/h6-8,11H,3-5H2,1-2H3,(H2,10,14,15). The van der Waals surface area contributed by atoms with Gasteiger partial charge in [-0.25, -0.2) is 18.5 Å². The maximum atomic E-state index is 10.7. The molecule has 0 bridgehead atoms. The first-order valence-corrected chi connectivity index (χ1v) is 6.83. The van der Waals surface area contributed by atoms with Crippen LogP contribution in [-0.4, -0.2) is 30.3 Å². The Kier molecular flexibility index (Phi) is 4.45. The number of nitrogens with two attached hydrogens (primary N) is 1. The molecule has 0 saturated heterocycles. The maximum absolute atomic E-state index is 10.7. The zero-order chi connectivity index (χ0) is 12.2. The second-order valence-electron chi connectivity index (χ2n) is 3.93. The zero-order valence-corrected chi connectivity index (χ0v) is 10.4. The van der Waals surface area contributed by atoms with E-state index in [0.717, 1.165) is 5.69 Å². The minimum Gasteiger partial charge on any atom is -0.331 e. The highest BCUT2D eigenvalue weighted by molar-refractivity contribution is 7.89. The van der Waals surface area contributed by atoms with Crippen LogP contribution in [0.3, 0.4) is 0 Å². The SMILES string of the molecule is CC(C)n1cncc1CNCCS(N)(=O)=O. The van der Waals surface area contributed by atoms with Gasteiger partial charge in [0.25, 0.3) is 0 Å². The predicted octanol–water partition coefficient (Wildman–Crippen LogP) is -0.158. The number of rotatable bonds is 6. The highest BCUT2D eigenvalue weighted by Crippen LogP contribution is 2.07. The smallest absolute Gasteiger partial charge is 0.210 e. The molecule has 0 aliphatic carbocycles. The molecule has 1 rings (SSSR count). The van der Waals surface area contributed by atoms with Crippen LogP contribution >= 0.6 is 0 Å². The summed E-state index contributed by atoms with van der Waals surface area (Å²) in [5, 5.41) is 7.91. The van der Waals surface area contributed by atoms with E-state index in [4.69, 9.17) is 5.14 Å². The van der Waals surface area contributed by atoms with Crippen LogP contribution in [0.4, 0.5) is 0 Å². The molecule has 1 heterocycles. The van der Waals surface area contributed by atoms with Crippen molar-refractivity contribution in [1.82, 2.24) is 14.9 Å². The van der Waals surface area contributed by atoms with Crippen LogP contribution in [-0.2, 0) is 16.6 Å². The fraction of sp³-hybridized carbons (Fsp3) is 0.667. The fourth-order valence-electron chi connectivity index (χ4n) is 1.36. The molecule has 0 saturated carbocycles. The molecule has 3 N–H and O–H groups in total. The third-order valence-corrected chi connectivity index (χ3v) is 2.95. The molecular weight excluding hydrogens is 228 g/mol. The van der Waals surface area contributed by atoms with Crippen molar-refractivity contribution in [2.45, 2.75) is 26.4 Å². The van der Waals surface area contributed by atoms with E-state index in [-0.39, 0.29) is 5.75 Å². The van der Waals surface area contributed by atoms with Crippen LogP contribution in [0.25, 0.3) is 0 Å². The summed E-state index contributed by atoms with van der Waals surface area (Å²) in [6, 6.07) is 0.345. The van der Waals surface area contributed by atoms with Crippen LogP contribution in [0.15, 0.2) is 12.5 Å². The summed E-state index contributed by atoms with van der Waals surface area (Å²) in [7, 11) is -3.38. The van der Waals surface area contributed by atoms with E-state index in [1.54, 1.807) is 12.5 Å². The normalized spacial score (nSPS) is 12.2. The Morgan fingerprint density at radius 1 is 1.56 bits per heavy atom. The summed E-state index contributed by atoms with van der Waals surface area (Å²) >= 11 is 0. The molecule has 0 unspecified atom stereocenters. The van der Waals surface area contributed by atoms with Crippen molar-refractivity contribution in [2.24, 2.45) is 5.14 Å². The third kappa shape index (κ3) is 4.30. The molecule has 0 aromatic carbocycles. The van der Waals surface area contributed by atoms with Gasteiger partial charge >= 0.3 is 0 Å². The number of aromatic nitrogens is 2. The maximum Gasteiger partial charge on any atom is 0.210 e. The highest BCUT2D eigenvalue weighted by Gasteiger charge is 2.05. The van der Waals surface area contributed by atoms with E-state index >= 15 is 0 Å². The molecule has 6 nitrogen and oxygen atoms in total. The molecule has 0 fully saturated rings. The first-order valence-electron chi connectivity index (χ1n) is 5.12. The van der Waals surface area contributed by atoms with E-state index in [0.29, 0.717) is 19.1 Å². The number of imidazole rings is 1. The lowest BCUT2D eigenvalue weighted by Crippen LogP contribution is -2.27. The number of sulfonamides is 1. The molecule has 1 aromatic rings. The Labute approximate surface area is 95.9 Å². The van der Waals surface area contributed by atoms with Crippen LogP contribution in [0.1, 0.15) is 25.6 Å². The van der Waals surface area contributed by atoms with Crippen LogP contribution in [0, 0.1) is 0 Å². The van der Waals surface area contributed by atoms with Gasteiger partial charge in [-0.3, -0.25) is 0 Å². The van der Waals surface area contributed by atoms with Crippen molar-refractivity contribution in [3.63, 3.8) is 0 Å². The zero-order valence-electron chi connectivity index (χ0n) is 9.55. The predicted molar refractivity (Wildman–Crippen MR) is 62.3 cm³/mol. The highest BCUT2D eigenvalue weighted by atomic mass is 32.2. The lowest BCUT2D eigenvalue weighted by atomic mass is 10.3. The van der Waals surface area contributed by atoms with Crippen molar-refractivity contribution in [3.05, 3.63) is 18.2 Å². The van der Waals surface area contributed by atoms with Crippen molar-refractivity contribution in [1.29, 1.82) is 0 Å². The second-order valence-corrected chi connectivity index (χ2v) is 5.66. The van der Waals surface area contributed by atoms with Gasteiger partial charge in [-0.15, -0.1) is 0 Å². The van der Waals surface area contributed by atoms with E-state index < -0.39 is 10.0 Å². The van der Waals surface area contributed by atoms with E-state index in [9.17, 15) is 8.42 Å². The van der Waals surface area contributed by atoms with Crippen LogP contribution in [0.5, 0.6) is 0 Å². The number of hydrogen-bond donors (Lipinski definition) is 2. The lowest BCUT2D eigenvalue weighted by molar-refractivity contribution is 0.552. The Balaban J connectivity index is 2.40. The molecule has 16 heavy (non-hydrogen) atoms. The number of hydrogen-bond acceptors (Lipinski definition) is 4. The Morgan fingerprint density at radius 2 is 2.25 bits per heavy atom. The number of nitrogens with one attached hydrogen (secondary N) is 1. The monoisotopic (exact) mass is 246 g/mol. The van der Waals surface area contributed by atoms with Crippen molar-refractivity contribution in [3.8, 4) is 0 Å². The summed E-state index contributed by atoms with van der Waals surface area (Å²) in [6.45, 7) is 5.07. The minimum absolute atomic E-state index is 0.0528. The molecule has 7 heteroatoms. The largest absolute Gasteiger partial charge is 0.331 e. The minimum atomic E-state index is -3.38. The van der Waals surface area contributed by atoms with Gasteiger partial charge in [-0.1, -0.05) is 0 Å². The van der Waals surface area contributed by atoms with Gasteiger partial charge < -0.3 is 9.88 Å². The van der Waals surface area contributed by atoms with Crippen molar-refractivity contribution in [2.75, 3.05) is 12.3 Å². The number of nitrogens with zero attached hydrogens (tertiary/aromatic N) is 2. The van der Waals surface area contributed by atoms with Gasteiger partial charge in [0.05, 0.1) is 17.8 Å². The quantitative estimate of drug-likeness (QED) is 0.683. The van der Waals surface area contributed by atoms with Crippen molar-refractivity contribution < 1.29 is 8.42 Å². The molecule has 92 valence electrons. The molecular formula is C9H18N4O2S. The summed E-state index contributed by atoms with van der Waals surface area (Å²) in [6.07, 6.45) is 3.53. The molecule has 0 amide bonds. The van der Waals surface area contributed by atoms with Gasteiger partial charge in [-0.2, -0.15) is 0 Å².